The number of halogens is 2. The number of nitrogens with zero attached hydrogens (tertiary/aromatic N) is 3. The Balaban J connectivity index is 1.87. The molecule has 0 fully saturated rings. The molecule has 0 atom stereocenters. The average Bonchev–Trinajstić information content (AvgIpc) is 2.79. The number of anilines is 2. The van der Waals surface area contributed by atoms with Crippen LogP contribution in [-0.4, -0.2) is 21.5 Å². The fourth-order valence-electron chi connectivity index (χ4n) is 1.57. The van der Waals surface area contributed by atoms with Crippen LogP contribution < -0.4 is 11.1 Å². The molecule has 1 aromatic heterocycles. The van der Waals surface area contributed by atoms with Crippen LogP contribution in [0.25, 0.3) is 0 Å². The molecule has 0 aliphatic heterocycles. The molecule has 18 heavy (non-hydrogen) atoms. The van der Waals surface area contributed by atoms with Gasteiger partial charge >= 0.3 is 0 Å². The molecule has 7 heteroatoms. The minimum Gasteiger partial charge on any atom is -0.399 e. The monoisotopic (exact) mass is 253 g/mol. The number of aromatic nitrogens is 3. The number of hydrogen-bond acceptors (Lipinski definition) is 4. The van der Waals surface area contributed by atoms with Crippen molar-refractivity contribution in [2.75, 3.05) is 17.6 Å². The van der Waals surface area contributed by atoms with Crippen molar-refractivity contribution in [2.45, 2.75) is 13.0 Å². The summed E-state index contributed by atoms with van der Waals surface area (Å²) in [6.45, 7) is 1.06. The van der Waals surface area contributed by atoms with Crippen molar-refractivity contribution in [2.24, 2.45) is 0 Å². The molecule has 0 spiro atoms. The highest BCUT2D eigenvalue weighted by atomic mass is 19.1. The Labute approximate surface area is 103 Å². The van der Waals surface area contributed by atoms with Crippen LogP contribution in [0.1, 0.15) is 6.42 Å². The summed E-state index contributed by atoms with van der Waals surface area (Å²) in [5.74, 6) is -1.37. The van der Waals surface area contributed by atoms with E-state index >= 15 is 0 Å². The molecule has 0 radical (unpaired) electrons. The lowest BCUT2D eigenvalue weighted by Gasteiger charge is -2.09. The van der Waals surface area contributed by atoms with Crippen LogP contribution in [0.15, 0.2) is 24.5 Å². The van der Waals surface area contributed by atoms with Crippen LogP contribution in [0.2, 0.25) is 0 Å². The van der Waals surface area contributed by atoms with E-state index in [1.807, 2.05) is 0 Å². The normalized spacial score (nSPS) is 10.6. The first-order valence-electron chi connectivity index (χ1n) is 5.49. The van der Waals surface area contributed by atoms with Crippen molar-refractivity contribution in [3.05, 3.63) is 36.2 Å². The SMILES string of the molecule is Nc1cc(F)c(NCCCn2ccnn2)c(F)c1. The highest BCUT2D eigenvalue weighted by molar-refractivity contribution is 5.53. The largest absolute Gasteiger partial charge is 0.399 e. The minimum atomic E-state index is -0.687. The number of hydrogen-bond donors (Lipinski definition) is 2. The van der Waals surface area contributed by atoms with Gasteiger partial charge in [-0.15, -0.1) is 5.10 Å². The minimum absolute atomic E-state index is 0.0677. The molecule has 5 nitrogen and oxygen atoms in total. The zero-order valence-corrected chi connectivity index (χ0v) is 9.61. The van der Waals surface area contributed by atoms with Crippen LogP contribution in [0, 0.1) is 11.6 Å². The molecule has 3 N–H and O–H groups in total. The first-order valence-corrected chi connectivity index (χ1v) is 5.49. The van der Waals surface area contributed by atoms with Gasteiger partial charge in [0.1, 0.15) is 5.69 Å². The van der Waals surface area contributed by atoms with Gasteiger partial charge in [0.2, 0.25) is 0 Å². The molecule has 2 rings (SSSR count). The summed E-state index contributed by atoms with van der Waals surface area (Å²) in [5.41, 5.74) is 5.24. The summed E-state index contributed by atoms with van der Waals surface area (Å²) >= 11 is 0. The Morgan fingerprint density at radius 3 is 2.61 bits per heavy atom. The number of aryl methyl sites for hydroxylation is 1. The van der Waals surface area contributed by atoms with E-state index in [1.54, 1.807) is 17.1 Å². The summed E-state index contributed by atoms with van der Waals surface area (Å²) in [7, 11) is 0. The fraction of sp³-hybridized carbons (Fsp3) is 0.273. The van der Waals surface area contributed by atoms with Crippen molar-refractivity contribution in [1.29, 1.82) is 0 Å². The third kappa shape index (κ3) is 2.93. The summed E-state index contributed by atoms with van der Waals surface area (Å²) < 4.78 is 28.5. The van der Waals surface area contributed by atoms with Gasteiger partial charge in [-0.1, -0.05) is 5.21 Å². The van der Waals surface area contributed by atoms with Gasteiger partial charge in [-0.3, -0.25) is 4.68 Å². The van der Waals surface area contributed by atoms with Crippen molar-refractivity contribution in [1.82, 2.24) is 15.0 Å². The number of nitrogen functional groups attached to an aromatic ring is 1. The second-order valence-electron chi connectivity index (χ2n) is 3.81. The molecule has 0 aliphatic carbocycles. The number of nitrogens with one attached hydrogen (secondary N) is 1. The highest BCUT2D eigenvalue weighted by Gasteiger charge is 2.09. The summed E-state index contributed by atoms with van der Waals surface area (Å²) in [6.07, 6.45) is 3.98. The lowest BCUT2D eigenvalue weighted by atomic mass is 10.2. The van der Waals surface area contributed by atoms with Gasteiger partial charge in [0.15, 0.2) is 11.6 Å². The lowest BCUT2D eigenvalue weighted by Crippen LogP contribution is -2.10. The quantitative estimate of drug-likeness (QED) is 0.628. The Morgan fingerprint density at radius 2 is 2.00 bits per heavy atom. The van der Waals surface area contributed by atoms with E-state index in [9.17, 15) is 8.78 Å². The van der Waals surface area contributed by atoms with Gasteiger partial charge in [-0.05, 0) is 18.6 Å². The van der Waals surface area contributed by atoms with Crippen LogP contribution in [-0.2, 0) is 6.54 Å². The molecule has 96 valence electrons. The van der Waals surface area contributed by atoms with Gasteiger partial charge in [-0.25, -0.2) is 8.78 Å². The molecule has 0 aliphatic rings. The summed E-state index contributed by atoms with van der Waals surface area (Å²) in [6, 6.07) is 2.17. The average molecular weight is 253 g/mol. The number of rotatable bonds is 5. The van der Waals surface area contributed by atoms with Crippen LogP contribution in [0.4, 0.5) is 20.2 Å². The Kier molecular flexibility index (Phi) is 3.71. The van der Waals surface area contributed by atoms with Crippen molar-refractivity contribution in [3.63, 3.8) is 0 Å². The second kappa shape index (κ2) is 5.44. The fourth-order valence-corrected chi connectivity index (χ4v) is 1.57. The van der Waals surface area contributed by atoms with Gasteiger partial charge in [0.25, 0.3) is 0 Å². The van der Waals surface area contributed by atoms with Gasteiger partial charge in [0, 0.05) is 25.0 Å². The van der Waals surface area contributed by atoms with Crippen LogP contribution in [0.5, 0.6) is 0 Å². The Hall–Kier alpha value is -2.18. The van der Waals surface area contributed by atoms with E-state index in [4.69, 9.17) is 5.73 Å². The Bertz CT molecular complexity index is 489. The maximum atomic E-state index is 13.4. The third-order valence-electron chi connectivity index (χ3n) is 2.40. The number of nitrogens with two attached hydrogens (primary N) is 1. The predicted molar refractivity (Wildman–Crippen MR) is 63.9 cm³/mol. The summed E-state index contributed by atoms with van der Waals surface area (Å²) in [4.78, 5) is 0. The zero-order valence-electron chi connectivity index (χ0n) is 9.61. The lowest BCUT2D eigenvalue weighted by molar-refractivity contribution is 0.562. The van der Waals surface area contributed by atoms with Gasteiger partial charge in [-0.2, -0.15) is 0 Å². The van der Waals surface area contributed by atoms with Crippen LogP contribution in [0.3, 0.4) is 0 Å². The molecular formula is C11H13F2N5. The van der Waals surface area contributed by atoms with E-state index in [2.05, 4.69) is 15.6 Å². The van der Waals surface area contributed by atoms with E-state index in [-0.39, 0.29) is 11.4 Å². The van der Waals surface area contributed by atoms with Crippen molar-refractivity contribution in [3.8, 4) is 0 Å². The molecule has 1 aromatic carbocycles. The van der Waals surface area contributed by atoms with Crippen molar-refractivity contribution >= 4 is 11.4 Å². The molecular weight excluding hydrogens is 240 g/mol. The first-order chi connectivity index (χ1) is 8.66. The maximum absolute atomic E-state index is 13.4. The van der Waals surface area contributed by atoms with Crippen molar-refractivity contribution < 1.29 is 8.78 Å². The molecule has 0 saturated heterocycles. The van der Waals surface area contributed by atoms with E-state index in [0.717, 1.165) is 12.1 Å². The van der Waals surface area contributed by atoms with Gasteiger partial charge in [0.05, 0.1) is 6.20 Å². The molecule has 0 unspecified atom stereocenters. The van der Waals surface area contributed by atoms with Gasteiger partial charge < -0.3 is 11.1 Å². The van der Waals surface area contributed by atoms with E-state index in [1.165, 1.54) is 0 Å². The zero-order chi connectivity index (χ0) is 13.0. The highest BCUT2D eigenvalue weighted by Crippen LogP contribution is 2.21. The maximum Gasteiger partial charge on any atom is 0.151 e. The summed E-state index contributed by atoms with van der Waals surface area (Å²) in [5, 5.41) is 10.1. The predicted octanol–water partition coefficient (Wildman–Crippen LogP) is 1.64. The molecule has 0 amide bonds. The number of benzene rings is 1. The standard InChI is InChI=1S/C11H13F2N5/c12-9-6-8(14)7-10(13)11(9)15-2-1-4-18-5-3-16-17-18/h3,5-7,15H,1-2,4,14H2. The molecule has 2 aromatic rings. The van der Waals surface area contributed by atoms with E-state index < -0.39 is 11.6 Å². The molecule has 1 heterocycles. The smallest absolute Gasteiger partial charge is 0.151 e. The van der Waals surface area contributed by atoms with Crippen LogP contribution >= 0.6 is 0 Å². The second-order valence-corrected chi connectivity index (χ2v) is 3.81. The molecule has 0 bridgehead atoms. The molecule has 0 saturated carbocycles. The topological polar surface area (TPSA) is 68.8 Å². The first kappa shape index (κ1) is 12.3. The Morgan fingerprint density at radius 1 is 1.28 bits per heavy atom. The van der Waals surface area contributed by atoms with E-state index in [0.29, 0.717) is 19.5 Å². The third-order valence-corrected chi connectivity index (χ3v) is 2.40.